The maximum atomic E-state index is 13.2. The van der Waals surface area contributed by atoms with E-state index in [1.165, 1.54) is 0 Å². The van der Waals surface area contributed by atoms with Gasteiger partial charge in [-0.25, -0.2) is 13.6 Å². The normalized spacial score (nSPS) is 12.1. The van der Waals surface area contributed by atoms with Crippen LogP contribution in [0.5, 0.6) is 0 Å². The van der Waals surface area contributed by atoms with Crippen LogP contribution in [0.3, 0.4) is 0 Å². The second-order valence-corrected chi connectivity index (χ2v) is 3.64. The topological polar surface area (TPSA) is 66.4 Å². The van der Waals surface area contributed by atoms with Crippen molar-refractivity contribution in [2.24, 2.45) is 0 Å². The van der Waals surface area contributed by atoms with Crippen LogP contribution in [0.2, 0.25) is 0 Å². The number of anilines is 1. The molecule has 4 nitrogen and oxygen atoms in total. The van der Waals surface area contributed by atoms with Gasteiger partial charge in [0.25, 0.3) is 0 Å². The molecule has 0 aliphatic rings. The van der Waals surface area contributed by atoms with Crippen LogP contribution in [0.15, 0.2) is 12.1 Å². The summed E-state index contributed by atoms with van der Waals surface area (Å²) in [5.41, 5.74) is -2.55. The van der Waals surface area contributed by atoms with Crippen LogP contribution in [-0.2, 0) is 4.79 Å². The molecule has 0 atom stereocenters. The van der Waals surface area contributed by atoms with E-state index in [-0.39, 0.29) is 12.1 Å². The third-order valence-electron chi connectivity index (χ3n) is 2.18. The molecule has 0 aliphatic carbocycles. The molecular formula is C10H4F7NO3. The number of carboxylic acids is 1. The van der Waals surface area contributed by atoms with Gasteiger partial charge in [-0.05, 0) is 6.07 Å². The van der Waals surface area contributed by atoms with Gasteiger partial charge in [-0.1, -0.05) is 0 Å². The second kappa shape index (κ2) is 5.22. The SMILES string of the molecule is O=C(O)c1cc(NC(=O)C(F)(F)C(F)(F)F)c(F)cc1F. The predicted molar refractivity (Wildman–Crippen MR) is 52.9 cm³/mol. The number of hydrogen-bond donors (Lipinski definition) is 2. The summed E-state index contributed by atoms with van der Waals surface area (Å²) in [5.74, 6) is -14.0. The molecule has 0 aromatic heterocycles. The summed E-state index contributed by atoms with van der Waals surface area (Å²) in [6.45, 7) is 0. The molecule has 0 aliphatic heterocycles. The fourth-order valence-electron chi connectivity index (χ4n) is 1.14. The van der Waals surface area contributed by atoms with Gasteiger partial charge in [-0.2, -0.15) is 22.0 Å². The van der Waals surface area contributed by atoms with Gasteiger partial charge in [0.2, 0.25) is 0 Å². The quantitative estimate of drug-likeness (QED) is 0.842. The van der Waals surface area contributed by atoms with Gasteiger partial charge in [-0.3, -0.25) is 4.79 Å². The van der Waals surface area contributed by atoms with Crippen molar-refractivity contribution >= 4 is 17.6 Å². The van der Waals surface area contributed by atoms with Crippen molar-refractivity contribution in [2.75, 3.05) is 5.32 Å². The number of aromatic carboxylic acids is 1. The fraction of sp³-hybridized carbons (Fsp3) is 0.200. The maximum Gasteiger partial charge on any atom is 0.463 e. The predicted octanol–water partition coefficient (Wildman–Crippen LogP) is 2.80. The van der Waals surface area contributed by atoms with Crippen molar-refractivity contribution in [1.82, 2.24) is 0 Å². The Labute approximate surface area is 111 Å². The molecule has 0 radical (unpaired) electrons. The Balaban J connectivity index is 3.17. The van der Waals surface area contributed by atoms with E-state index in [1.807, 2.05) is 0 Å². The highest BCUT2D eigenvalue weighted by molar-refractivity contribution is 5.98. The molecular weight excluding hydrogens is 315 g/mol. The number of benzene rings is 1. The Kier molecular flexibility index (Phi) is 4.16. The summed E-state index contributed by atoms with van der Waals surface area (Å²) >= 11 is 0. The molecule has 1 amide bonds. The smallest absolute Gasteiger partial charge is 0.463 e. The molecule has 21 heavy (non-hydrogen) atoms. The number of nitrogens with one attached hydrogen (secondary N) is 1. The minimum absolute atomic E-state index is 0.0786. The average Bonchev–Trinajstić information content (AvgIpc) is 2.30. The second-order valence-electron chi connectivity index (χ2n) is 3.64. The summed E-state index contributed by atoms with van der Waals surface area (Å²) in [6, 6.07) is 0.00214. The highest BCUT2D eigenvalue weighted by Gasteiger charge is 2.63. The fourth-order valence-corrected chi connectivity index (χ4v) is 1.14. The first-order valence-corrected chi connectivity index (χ1v) is 4.86. The van der Waals surface area contributed by atoms with Crippen molar-refractivity contribution < 1.29 is 45.4 Å². The van der Waals surface area contributed by atoms with E-state index >= 15 is 0 Å². The van der Waals surface area contributed by atoms with Crippen LogP contribution < -0.4 is 5.32 Å². The van der Waals surface area contributed by atoms with E-state index in [4.69, 9.17) is 5.11 Å². The van der Waals surface area contributed by atoms with Crippen molar-refractivity contribution in [3.05, 3.63) is 29.3 Å². The average molecular weight is 319 g/mol. The van der Waals surface area contributed by atoms with E-state index in [1.54, 1.807) is 0 Å². The van der Waals surface area contributed by atoms with E-state index in [2.05, 4.69) is 0 Å². The summed E-state index contributed by atoms with van der Waals surface area (Å²) in [7, 11) is 0. The Hall–Kier alpha value is -2.33. The minimum atomic E-state index is -6.23. The summed E-state index contributed by atoms with van der Waals surface area (Å²) in [6.07, 6.45) is -6.23. The lowest BCUT2D eigenvalue weighted by Crippen LogP contribution is -2.47. The Bertz CT molecular complexity index is 597. The molecule has 0 saturated carbocycles. The first-order valence-electron chi connectivity index (χ1n) is 4.86. The largest absolute Gasteiger partial charge is 0.478 e. The van der Waals surface area contributed by atoms with Gasteiger partial charge >= 0.3 is 24.0 Å². The Morgan fingerprint density at radius 1 is 1.00 bits per heavy atom. The van der Waals surface area contributed by atoms with E-state index in [0.29, 0.717) is 0 Å². The van der Waals surface area contributed by atoms with Crippen LogP contribution >= 0.6 is 0 Å². The number of carbonyl (C=O) groups is 2. The van der Waals surface area contributed by atoms with Crippen LogP contribution in [0, 0.1) is 11.6 Å². The van der Waals surface area contributed by atoms with E-state index in [0.717, 1.165) is 5.32 Å². The first-order chi connectivity index (χ1) is 9.37. The van der Waals surface area contributed by atoms with Crippen molar-refractivity contribution in [2.45, 2.75) is 12.1 Å². The molecule has 1 rings (SSSR count). The molecule has 1 aromatic carbocycles. The number of carbonyl (C=O) groups excluding carboxylic acids is 1. The summed E-state index contributed by atoms with van der Waals surface area (Å²) in [4.78, 5) is 21.3. The van der Waals surface area contributed by atoms with Crippen molar-refractivity contribution in [3.63, 3.8) is 0 Å². The van der Waals surface area contributed by atoms with Gasteiger partial charge in [0.1, 0.15) is 11.6 Å². The van der Waals surface area contributed by atoms with Crippen LogP contribution in [0.1, 0.15) is 10.4 Å². The van der Waals surface area contributed by atoms with Crippen molar-refractivity contribution in [1.29, 1.82) is 0 Å². The molecule has 0 fully saturated rings. The first kappa shape index (κ1) is 16.7. The zero-order chi connectivity index (χ0) is 16.6. The molecule has 0 heterocycles. The Morgan fingerprint density at radius 2 is 1.52 bits per heavy atom. The summed E-state index contributed by atoms with van der Waals surface area (Å²) in [5, 5.41) is 9.37. The zero-order valence-electron chi connectivity index (χ0n) is 9.56. The van der Waals surface area contributed by atoms with E-state index < -0.39 is 46.9 Å². The number of carboxylic acid groups (broad SMARTS) is 1. The third-order valence-corrected chi connectivity index (χ3v) is 2.18. The Morgan fingerprint density at radius 3 is 1.95 bits per heavy atom. The molecule has 0 spiro atoms. The molecule has 0 unspecified atom stereocenters. The number of hydrogen-bond acceptors (Lipinski definition) is 2. The molecule has 0 bridgehead atoms. The minimum Gasteiger partial charge on any atom is -0.478 e. The lowest BCUT2D eigenvalue weighted by Gasteiger charge is -2.19. The van der Waals surface area contributed by atoms with E-state index in [9.17, 15) is 40.3 Å². The van der Waals surface area contributed by atoms with Gasteiger partial charge in [0.15, 0.2) is 0 Å². The van der Waals surface area contributed by atoms with Crippen LogP contribution in [-0.4, -0.2) is 29.1 Å². The molecule has 0 saturated heterocycles. The van der Waals surface area contributed by atoms with Crippen molar-refractivity contribution in [3.8, 4) is 0 Å². The number of rotatable bonds is 3. The summed E-state index contributed by atoms with van der Waals surface area (Å²) < 4.78 is 87.1. The number of halogens is 7. The monoisotopic (exact) mass is 319 g/mol. The number of amides is 1. The molecule has 1 aromatic rings. The number of alkyl halides is 5. The highest BCUT2D eigenvalue weighted by atomic mass is 19.4. The zero-order valence-corrected chi connectivity index (χ0v) is 9.56. The van der Waals surface area contributed by atoms with Crippen LogP contribution in [0.25, 0.3) is 0 Å². The van der Waals surface area contributed by atoms with Gasteiger partial charge in [-0.15, -0.1) is 0 Å². The lowest BCUT2D eigenvalue weighted by atomic mass is 10.1. The van der Waals surface area contributed by atoms with Crippen LogP contribution in [0.4, 0.5) is 36.4 Å². The maximum absolute atomic E-state index is 13.2. The molecule has 11 heteroatoms. The third kappa shape index (κ3) is 3.23. The highest BCUT2D eigenvalue weighted by Crippen LogP contribution is 2.36. The standard InChI is InChI=1S/C10H4F7NO3/c11-4-2-5(12)6(1-3(4)7(19)20)18-8(21)9(13,14)10(15,16)17/h1-2H,(H,18,21)(H,19,20). The lowest BCUT2D eigenvalue weighted by molar-refractivity contribution is -0.267. The molecule has 2 N–H and O–H groups in total. The molecule has 116 valence electrons. The van der Waals surface area contributed by atoms with Gasteiger partial charge in [0, 0.05) is 6.07 Å². The van der Waals surface area contributed by atoms with Gasteiger partial charge < -0.3 is 10.4 Å². The van der Waals surface area contributed by atoms with Gasteiger partial charge in [0.05, 0.1) is 11.3 Å².